The molecule has 0 aromatic heterocycles. The highest BCUT2D eigenvalue weighted by atomic mass is 35.5. The number of rotatable bonds is 4. The van der Waals surface area contributed by atoms with E-state index in [1.54, 1.807) is 0 Å². The Morgan fingerprint density at radius 3 is 2.11 bits per heavy atom. The molecule has 0 aliphatic carbocycles. The second kappa shape index (κ2) is 8.81. The van der Waals surface area contributed by atoms with E-state index in [4.69, 9.17) is 5.73 Å². The van der Waals surface area contributed by atoms with Gasteiger partial charge in [-0.3, -0.25) is 0 Å². The van der Waals surface area contributed by atoms with Crippen molar-refractivity contribution in [3.63, 3.8) is 0 Å². The molecule has 0 aliphatic rings. The van der Waals surface area contributed by atoms with Gasteiger partial charge in [0.1, 0.15) is 0 Å². The first kappa shape index (κ1) is 17.8. The maximum atomic E-state index is 5.97. The summed E-state index contributed by atoms with van der Waals surface area (Å²) in [6.07, 6.45) is 0.910. The fourth-order valence-corrected chi connectivity index (χ4v) is 2.01. The summed E-state index contributed by atoms with van der Waals surface area (Å²) >= 11 is 0. The van der Waals surface area contributed by atoms with Crippen LogP contribution in [0.15, 0.2) is 54.6 Å². The van der Waals surface area contributed by atoms with Crippen molar-refractivity contribution in [1.29, 1.82) is 0 Å². The molecule has 0 saturated heterocycles. The number of likely N-dealkylation sites (N-methyl/N-ethyl adjacent to an activating group) is 1. The van der Waals surface area contributed by atoms with Crippen LogP contribution in [-0.4, -0.2) is 7.05 Å². The van der Waals surface area contributed by atoms with Gasteiger partial charge in [-0.05, 0) is 30.7 Å². The van der Waals surface area contributed by atoms with Gasteiger partial charge in [0.15, 0.2) is 0 Å². The van der Waals surface area contributed by atoms with E-state index >= 15 is 0 Å². The van der Waals surface area contributed by atoms with Crippen LogP contribution in [0.2, 0.25) is 0 Å². The van der Waals surface area contributed by atoms with Gasteiger partial charge in [0, 0.05) is 11.7 Å². The predicted molar refractivity (Wildman–Crippen MR) is 87.3 cm³/mol. The largest absolute Gasteiger partial charge is 0.399 e. The molecular weight excluding hydrogens is 279 g/mol. The molecule has 1 atom stereocenters. The number of anilines is 1. The normalized spacial score (nSPS) is 11.0. The lowest BCUT2D eigenvalue weighted by molar-refractivity contribution is 0.593. The standard InChI is InChI=1S/C15H18N2.2ClH/c1-17-15(12-7-3-2-4-8-12)11-13-9-5-6-10-14(13)16;;/h2-10,15,17H,11,16H2,1H3;2*1H. The molecule has 0 fully saturated rings. The first-order chi connectivity index (χ1) is 8.31. The number of para-hydroxylation sites is 1. The van der Waals surface area contributed by atoms with E-state index in [9.17, 15) is 0 Å². The number of halogens is 2. The Bertz CT molecular complexity index is 475. The first-order valence-electron chi connectivity index (χ1n) is 5.87. The topological polar surface area (TPSA) is 38.0 Å². The van der Waals surface area contributed by atoms with Gasteiger partial charge in [0.05, 0.1) is 0 Å². The lowest BCUT2D eigenvalue weighted by Gasteiger charge is -2.17. The zero-order chi connectivity index (χ0) is 12.1. The van der Waals surface area contributed by atoms with Gasteiger partial charge >= 0.3 is 0 Å². The molecule has 3 N–H and O–H groups in total. The average molecular weight is 299 g/mol. The summed E-state index contributed by atoms with van der Waals surface area (Å²) in [5, 5.41) is 3.34. The van der Waals surface area contributed by atoms with Gasteiger partial charge in [-0.2, -0.15) is 0 Å². The molecule has 2 rings (SSSR count). The Balaban J connectivity index is 0.00000162. The third kappa shape index (κ3) is 4.75. The summed E-state index contributed by atoms with van der Waals surface area (Å²) in [5.41, 5.74) is 9.32. The van der Waals surface area contributed by atoms with Crippen LogP contribution in [-0.2, 0) is 6.42 Å². The highest BCUT2D eigenvalue weighted by Crippen LogP contribution is 2.21. The summed E-state index contributed by atoms with van der Waals surface area (Å²) in [5.74, 6) is 0. The van der Waals surface area contributed by atoms with Crippen LogP contribution in [0.5, 0.6) is 0 Å². The highest BCUT2D eigenvalue weighted by molar-refractivity contribution is 5.85. The number of nitrogen functional groups attached to an aromatic ring is 1. The van der Waals surface area contributed by atoms with Crippen LogP contribution in [0, 0.1) is 0 Å². The van der Waals surface area contributed by atoms with Gasteiger partial charge < -0.3 is 11.1 Å². The smallest absolute Gasteiger partial charge is 0.0359 e. The molecule has 0 amide bonds. The molecule has 1 unspecified atom stereocenters. The molecule has 0 spiro atoms. The Labute approximate surface area is 127 Å². The lowest BCUT2D eigenvalue weighted by atomic mass is 9.98. The summed E-state index contributed by atoms with van der Waals surface area (Å²) in [6.45, 7) is 0. The van der Waals surface area contributed by atoms with Crippen LogP contribution in [0.4, 0.5) is 5.69 Å². The fourth-order valence-electron chi connectivity index (χ4n) is 2.01. The van der Waals surface area contributed by atoms with Crippen molar-refractivity contribution in [2.45, 2.75) is 12.5 Å². The SMILES string of the molecule is CNC(Cc1ccccc1N)c1ccccc1.Cl.Cl. The average Bonchev–Trinajstić information content (AvgIpc) is 2.39. The molecule has 0 radical (unpaired) electrons. The summed E-state index contributed by atoms with van der Waals surface area (Å²) in [4.78, 5) is 0. The minimum absolute atomic E-state index is 0. The van der Waals surface area contributed by atoms with Gasteiger partial charge in [0.25, 0.3) is 0 Å². The quantitative estimate of drug-likeness (QED) is 0.846. The molecule has 19 heavy (non-hydrogen) atoms. The molecule has 4 heteroatoms. The molecular formula is C15H20Cl2N2. The number of hydrogen-bond acceptors (Lipinski definition) is 2. The van der Waals surface area contributed by atoms with Gasteiger partial charge in [-0.1, -0.05) is 48.5 Å². The molecule has 0 bridgehead atoms. The third-order valence-electron chi connectivity index (χ3n) is 3.03. The number of hydrogen-bond donors (Lipinski definition) is 2. The van der Waals surface area contributed by atoms with Crippen LogP contribution in [0.3, 0.4) is 0 Å². The van der Waals surface area contributed by atoms with Crippen LogP contribution in [0.25, 0.3) is 0 Å². The second-order valence-electron chi connectivity index (χ2n) is 4.15. The second-order valence-corrected chi connectivity index (χ2v) is 4.15. The van der Waals surface area contributed by atoms with Gasteiger partial charge in [-0.15, -0.1) is 24.8 Å². The highest BCUT2D eigenvalue weighted by Gasteiger charge is 2.10. The summed E-state index contributed by atoms with van der Waals surface area (Å²) in [7, 11) is 1.98. The Morgan fingerprint density at radius 1 is 0.947 bits per heavy atom. The van der Waals surface area contributed by atoms with E-state index < -0.39 is 0 Å². The fraction of sp³-hybridized carbons (Fsp3) is 0.200. The molecule has 2 aromatic rings. The van der Waals surface area contributed by atoms with Crippen LogP contribution >= 0.6 is 24.8 Å². The lowest BCUT2D eigenvalue weighted by Crippen LogP contribution is -2.19. The number of nitrogens with two attached hydrogens (primary N) is 1. The molecule has 0 saturated carbocycles. The molecule has 0 heterocycles. The number of benzene rings is 2. The minimum Gasteiger partial charge on any atom is -0.399 e. The zero-order valence-electron chi connectivity index (χ0n) is 10.9. The van der Waals surface area contributed by atoms with Crippen molar-refractivity contribution < 1.29 is 0 Å². The van der Waals surface area contributed by atoms with Crippen molar-refractivity contribution in [1.82, 2.24) is 5.32 Å². The third-order valence-corrected chi connectivity index (χ3v) is 3.03. The molecule has 2 nitrogen and oxygen atoms in total. The van der Waals surface area contributed by atoms with E-state index in [-0.39, 0.29) is 24.8 Å². The maximum absolute atomic E-state index is 5.97. The summed E-state index contributed by atoms with van der Waals surface area (Å²) in [6, 6.07) is 18.8. The maximum Gasteiger partial charge on any atom is 0.0359 e. The van der Waals surface area contributed by atoms with Crippen LogP contribution in [0.1, 0.15) is 17.2 Å². The zero-order valence-corrected chi connectivity index (χ0v) is 12.5. The van der Waals surface area contributed by atoms with Crippen molar-refractivity contribution in [2.75, 3.05) is 12.8 Å². The van der Waals surface area contributed by atoms with E-state index in [1.165, 1.54) is 11.1 Å². The molecule has 0 aliphatic heterocycles. The van der Waals surface area contributed by atoms with Crippen molar-refractivity contribution >= 4 is 30.5 Å². The van der Waals surface area contributed by atoms with E-state index in [1.807, 2.05) is 31.3 Å². The van der Waals surface area contributed by atoms with Crippen molar-refractivity contribution in [3.05, 3.63) is 65.7 Å². The van der Waals surface area contributed by atoms with Crippen molar-refractivity contribution in [2.24, 2.45) is 0 Å². The Morgan fingerprint density at radius 2 is 1.53 bits per heavy atom. The molecule has 2 aromatic carbocycles. The van der Waals surface area contributed by atoms with Gasteiger partial charge in [0.2, 0.25) is 0 Å². The van der Waals surface area contributed by atoms with Gasteiger partial charge in [-0.25, -0.2) is 0 Å². The predicted octanol–water partition coefficient (Wildman–Crippen LogP) is 3.62. The van der Waals surface area contributed by atoms with E-state index in [2.05, 4.69) is 35.6 Å². The summed E-state index contributed by atoms with van der Waals surface area (Å²) < 4.78 is 0. The van der Waals surface area contributed by atoms with E-state index in [0.717, 1.165) is 12.1 Å². The Kier molecular flexibility index (Phi) is 8.24. The van der Waals surface area contributed by atoms with Crippen LogP contribution < -0.4 is 11.1 Å². The molecule has 104 valence electrons. The first-order valence-corrected chi connectivity index (χ1v) is 5.87. The monoisotopic (exact) mass is 298 g/mol. The number of nitrogens with one attached hydrogen (secondary N) is 1. The minimum atomic E-state index is 0. The Hall–Kier alpha value is -1.22. The van der Waals surface area contributed by atoms with E-state index in [0.29, 0.717) is 6.04 Å². The van der Waals surface area contributed by atoms with Crippen molar-refractivity contribution in [3.8, 4) is 0 Å².